The molecule has 2 aromatic rings. The summed E-state index contributed by atoms with van der Waals surface area (Å²) in [6.07, 6.45) is 0. The van der Waals surface area contributed by atoms with Crippen LogP contribution in [0.4, 0.5) is 0 Å². The van der Waals surface area contributed by atoms with E-state index < -0.39 is 0 Å². The van der Waals surface area contributed by atoms with Gasteiger partial charge >= 0.3 is 0 Å². The van der Waals surface area contributed by atoms with Crippen molar-refractivity contribution in [1.82, 2.24) is 0 Å². The van der Waals surface area contributed by atoms with Crippen LogP contribution in [0.15, 0.2) is 42.5 Å². The Hall–Kier alpha value is -2.49. The molecule has 4 heteroatoms. The molecule has 0 atom stereocenters. The summed E-state index contributed by atoms with van der Waals surface area (Å²) >= 11 is 0. The molecule has 0 aliphatic rings. The van der Waals surface area contributed by atoms with Crippen molar-refractivity contribution in [2.75, 3.05) is 7.11 Å². The molecule has 104 valence electrons. The van der Waals surface area contributed by atoms with Crippen LogP contribution < -0.4 is 9.47 Å². The second-order valence-corrected chi connectivity index (χ2v) is 4.35. The maximum atomic E-state index is 11.6. The first kappa shape index (κ1) is 13.9. The first-order valence-electron chi connectivity index (χ1n) is 6.20. The third kappa shape index (κ3) is 3.09. The Balaban J connectivity index is 2.29. The van der Waals surface area contributed by atoms with Gasteiger partial charge in [-0.1, -0.05) is 30.3 Å². The second-order valence-electron chi connectivity index (χ2n) is 4.35. The van der Waals surface area contributed by atoms with E-state index in [-0.39, 0.29) is 17.1 Å². The molecule has 0 radical (unpaired) electrons. The molecule has 0 saturated heterocycles. The minimum Gasteiger partial charge on any atom is -0.507 e. The number of hydrogen-bond acceptors (Lipinski definition) is 4. The molecule has 4 nitrogen and oxygen atoms in total. The Morgan fingerprint density at radius 3 is 2.50 bits per heavy atom. The molecule has 0 fully saturated rings. The van der Waals surface area contributed by atoms with Crippen molar-refractivity contribution in [1.29, 1.82) is 0 Å². The number of phenols is 1. The van der Waals surface area contributed by atoms with Crippen molar-refractivity contribution < 1.29 is 19.4 Å². The number of phenolic OH excluding ortho intramolecular Hbond substituents is 1. The fourth-order valence-electron chi connectivity index (χ4n) is 1.90. The zero-order valence-electron chi connectivity index (χ0n) is 11.4. The number of ketones is 1. The van der Waals surface area contributed by atoms with Crippen LogP contribution in [0.25, 0.3) is 0 Å². The SMILES string of the molecule is COc1cc(O)c(C(C)=O)c(OCc2ccccc2)c1. The number of aromatic hydroxyl groups is 1. The van der Waals surface area contributed by atoms with Crippen LogP contribution in [0.1, 0.15) is 22.8 Å². The number of benzene rings is 2. The quantitative estimate of drug-likeness (QED) is 0.849. The molecule has 0 bridgehead atoms. The molecule has 0 heterocycles. The van der Waals surface area contributed by atoms with Crippen LogP contribution in [0.2, 0.25) is 0 Å². The van der Waals surface area contributed by atoms with Crippen LogP contribution in [-0.4, -0.2) is 18.0 Å². The summed E-state index contributed by atoms with van der Waals surface area (Å²) in [5.74, 6) is 0.363. The molecular weight excluding hydrogens is 256 g/mol. The van der Waals surface area contributed by atoms with Gasteiger partial charge in [-0.25, -0.2) is 0 Å². The van der Waals surface area contributed by atoms with Gasteiger partial charge in [0.15, 0.2) is 5.78 Å². The highest BCUT2D eigenvalue weighted by atomic mass is 16.5. The Morgan fingerprint density at radius 1 is 1.20 bits per heavy atom. The van der Waals surface area contributed by atoms with Gasteiger partial charge in [-0.3, -0.25) is 4.79 Å². The number of methoxy groups -OCH3 is 1. The van der Waals surface area contributed by atoms with Crippen molar-refractivity contribution in [2.24, 2.45) is 0 Å². The summed E-state index contributed by atoms with van der Waals surface area (Å²) in [7, 11) is 1.49. The molecule has 20 heavy (non-hydrogen) atoms. The summed E-state index contributed by atoms with van der Waals surface area (Å²) in [6, 6.07) is 12.6. The number of hydrogen-bond donors (Lipinski definition) is 1. The molecule has 2 aromatic carbocycles. The van der Waals surface area contributed by atoms with Crippen LogP contribution >= 0.6 is 0 Å². The van der Waals surface area contributed by atoms with E-state index in [1.807, 2.05) is 30.3 Å². The Labute approximate surface area is 117 Å². The number of ether oxygens (including phenoxy) is 2. The number of carbonyl (C=O) groups is 1. The van der Waals surface area contributed by atoms with Crippen molar-refractivity contribution in [3.05, 3.63) is 53.6 Å². The van der Waals surface area contributed by atoms with E-state index in [0.29, 0.717) is 18.1 Å². The lowest BCUT2D eigenvalue weighted by molar-refractivity contribution is 0.101. The second kappa shape index (κ2) is 6.10. The summed E-state index contributed by atoms with van der Waals surface area (Å²) in [5, 5.41) is 9.89. The lowest BCUT2D eigenvalue weighted by Crippen LogP contribution is -2.02. The number of Topliss-reactive ketones (excluding diaryl/α,β-unsaturated/α-hetero) is 1. The van der Waals surface area contributed by atoms with E-state index in [1.54, 1.807) is 6.07 Å². The van der Waals surface area contributed by atoms with E-state index in [2.05, 4.69) is 0 Å². The minimum absolute atomic E-state index is 0.139. The molecule has 0 aliphatic carbocycles. The minimum atomic E-state index is -0.256. The maximum absolute atomic E-state index is 11.6. The number of carbonyl (C=O) groups excluding carboxylic acids is 1. The summed E-state index contributed by atoms with van der Waals surface area (Å²) < 4.78 is 10.7. The molecule has 1 N–H and O–H groups in total. The topological polar surface area (TPSA) is 55.8 Å². The van der Waals surface area contributed by atoms with Gasteiger partial charge in [0.25, 0.3) is 0 Å². The Kier molecular flexibility index (Phi) is 4.25. The first-order chi connectivity index (χ1) is 9.61. The third-order valence-corrected chi connectivity index (χ3v) is 2.88. The van der Waals surface area contributed by atoms with Crippen LogP contribution in [0.5, 0.6) is 17.2 Å². The van der Waals surface area contributed by atoms with Crippen LogP contribution in [0, 0.1) is 0 Å². The van der Waals surface area contributed by atoms with E-state index in [1.165, 1.54) is 20.1 Å². The third-order valence-electron chi connectivity index (χ3n) is 2.88. The molecule has 0 aromatic heterocycles. The van der Waals surface area contributed by atoms with Gasteiger partial charge in [-0.2, -0.15) is 0 Å². The zero-order valence-corrected chi connectivity index (χ0v) is 11.4. The summed E-state index contributed by atoms with van der Waals surface area (Å²) in [4.78, 5) is 11.6. The summed E-state index contributed by atoms with van der Waals surface area (Å²) in [5.41, 5.74) is 1.14. The van der Waals surface area contributed by atoms with E-state index in [0.717, 1.165) is 5.56 Å². The molecule has 0 aliphatic heterocycles. The van der Waals surface area contributed by atoms with E-state index >= 15 is 0 Å². The van der Waals surface area contributed by atoms with Crippen molar-refractivity contribution in [2.45, 2.75) is 13.5 Å². The fourth-order valence-corrected chi connectivity index (χ4v) is 1.90. The Morgan fingerprint density at radius 2 is 1.90 bits per heavy atom. The highest BCUT2D eigenvalue weighted by molar-refractivity contribution is 5.99. The zero-order chi connectivity index (χ0) is 14.5. The van der Waals surface area contributed by atoms with Crippen LogP contribution in [-0.2, 0) is 6.61 Å². The smallest absolute Gasteiger partial charge is 0.167 e. The lowest BCUT2D eigenvalue weighted by atomic mass is 10.1. The maximum Gasteiger partial charge on any atom is 0.167 e. The van der Waals surface area contributed by atoms with Crippen LogP contribution in [0.3, 0.4) is 0 Å². The van der Waals surface area contributed by atoms with E-state index in [9.17, 15) is 9.90 Å². The van der Waals surface area contributed by atoms with Gasteiger partial charge in [-0.15, -0.1) is 0 Å². The predicted molar refractivity (Wildman–Crippen MR) is 75.4 cm³/mol. The highest BCUT2D eigenvalue weighted by Crippen LogP contribution is 2.34. The van der Waals surface area contributed by atoms with Gasteiger partial charge in [-0.05, 0) is 12.5 Å². The average molecular weight is 272 g/mol. The highest BCUT2D eigenvalue weighted by Gasteiger charge is 2.16. The predicted octanol–water partition coefficient (Wildman–Crippen LogP) is 3.18. The summed E-state index contributed by atoms with van der Waals surface area (Å²) in [6.45, 7) is 1.70. The lowest BCUT2D eigenvalue weighted by Gasteiger charge is -2.13. The molecular formula is C16H16O4. The van der Waals surface area contributed by atoms with E-state index in [4.69, 9.17) is 9.47 Å². The van der Waals surface area contributed by atoms with Crippen molar-refractivity contribution >= 4 is 5.78 Å². The molecule has 0 spiro atoms. The largest absolute Gasteiger partial charge is 0.507 e. The molecule has 0 amide bonds. The van der Waals surface area contributed by atoms with Gasteiger partial charge in [0.05, 0.1) is 7.11 Å². The normalized spacial score (nSPS) is 10.1. The van der Waals surface area contributed by atoms with Gasteiger partial charge < -0.3 is 14.6 Å². The van der Waals surface area contributed by atoms with Crippen molar-refractivity contribution in [3.63, 3.8) is 0 Å². The van der Waals surface area contributed by atoms with Gasteiger partial charge in [0, 0.05) is 12.1 Å². The van der Waals surface area contributed by atoms with Gasteiger partial charge in [0.2, 0.25) is 0 Å². The average Bonchev–Trinajstić information content (AvgIpc) is 2.45. The molecule has 2 rings (SSSR count). The number of rotatable bonds is 5. The molecule has 0 unspecified atom stereocenters. The Bertz CT molecular complexity index is 605. The van der Waals surface area contributed by atoms with Gasteiger partial charge in [0.1, 0.15) is 29.4 Å². The standard InChI is InChI=1S/C16H16O4/c1-11(17)16-14(18)8-13(19-2)9-15(16)20-10-12-6-4-3-5-7-12/h3-9,18H,10H2,1-2H3. The fraction of sp³-hybridized carbons (Fsp3) is 0.188. The monoisotopic (exact) mass is 272 g/mol. The first-order valence-corrected chi connectivity index (χ1v) is 6.20. The molecule has 0 saturated carbocycles. The van der Waals surface area contributed by atoms with Crippen molar-refractivity contribution in [3.8, 4) is 17.2 Å².